The maximum atomic E-state index is 13.9. The Hall–Kier alpha value is -4.74. The number of aromatic nitrogens is 5. The molecule has 12 heteroatoms. The standard InChI is InChI=1S/C28H25F2N7O3/c1-16(20-10-18(29)11-32-23(20)30)40-26(39)34-24-22(35-36-37(24)2)21-9-8-19(12-31-21)33-25(38)28-13-27(14-28,15-28)17-6-4-3-5-7-17/h3-12,16H,13-15H2,1-2H3,(H,33,38)(H,34,39). The lowest BCUT2D eigenvalue weighted by Crippen LogP contribution is -2.69. The molecule has 0 aliphatic heterocycles. The zero-order valence-corrected chi connectivity index (χ0v) is 21.7. The molecule has 3 heterocycles. The summed E-state index contributed by atoms with van der Waals surface area (Å²) in [6.07, 6.45) is 2.73. The molecule has 3 aliphatic rings. The van der Waals surface area contributed by atoms with Crippen molar-refractivity contribution in [2.75, 3.05) is 10.6 Å². The van der Waals surface area contributed by atoms with Gasteiger partial charge in [-0.1, -0.05) is 35.5 Å². The number of benzene rings is 1. The first-order valence-electron chi connectivity index (χ1n) is 12.7. The number of nitrogens with one attached hydrogen (secondary N) is 2. The maximum absolute atomic E-state index is 13.9. The van der Waals surface area contributed by atoms with Crippen LogP contribution in [0.5, 0.6) is 0 Å². The molecule has 7 rings (SSSR count). The second-order valence-electron chi connectivity index (χ2n) is 10.5. The van der Waals surface area contributed by atoms with E-state index < -0.39 is 24.0 Å². The van der Waals surface area contributed by atoms with Crippen molar-refractivity contribution in [2.24, 2.45) is 12.5 Å². The van der Waals surface area contributed by atoms with Gasteiger partial charge in [0, 0.05) is 7.05 Å². The van der Waals surface area contributed by atoms with E-state index in [9.17, 15) is 18.4 Å². The summed E-state index contributed by atoms with van der Waals surface area (Å²) in [6, 6.07) is 14.6. The number of amides is 2. The number of aryl methyl sites for hydroxylation is 1. The highest BCUT2D eigenvalue weighted by molar-refractivity contribution is 5.98. The molecule has 2 bridgehead atoms. The molecule has 4 aromatic rings. The van der Waals surface area contributed by atoms with Crippen molar-refractivity contribution in [2.45, 2.75) is 37.7 Å². The number of ether oxygens (including phenoxy) is 1. The van der Waals surface area contributed by atoms with Crippen LogP contribution in [0, 0.1) is 17.2 Å². The fraction of sp³-hybridized carbons (Fsp3) is 0.286. The molecule has 2 amide bonds. The van der Waals surface area contributed by atoms with E-state index in [1.807, 2.05) is 18.2 Å². The van der Waals surface area contributed by atoms with E-state index in [0.717, 1.165) is 31.5 Å². The van der Waals surface area contributed by atoms with Gasteiger partial charge in [0.2, 0.25) is 11.9 Å². The number of halogens is 2. The smallest absolute Gasteiger partial charge is 0.413 e. The van der Waals surface area contributed by atoms with Crippen molar-refractivity contribution in [3.63, 3.8) is 0 Å². The molecule has 40 heavy (non-hydrogen) atoms. The zero-order chi connectivity index (χ0) is 28.1. The normalized spacial score (nSPS) is 21.5. The molecule has 1 unspecified atom stereocenters. The predicted octanol–water partition coefficient (Wildman–Crippen LogP) is 4.92. The molecule has 3 aromatic heterocycles. The van der Waals surface area contributed by atoms with Gasteiger partial charge in [-0.2, -0.15) is 4.39 Å². The molecule has 3 aliphatic carbocycles. The first kappa shape index (κ1) is 25.5. The Bertz CT molecular complexity index is 1590. The van der Waals surface area contributed by atoms with E-state index in [1.165, 1.54) is 23.4 Å². The van der Waals surface area contributed by atoms with Crippen molar-refractivity contribution < 1.29 is 23.1 Å². The minimum absolute atomic E-state index is 0.0106. The summed E-state index contributed by atoms with van der Waals surface area (Å²) >= 11 is 0. The summed E-state index contributed by atoms with van der Waals surface area (Å²) in [5.41, 5.74) is 2.07. The first-order valence-corrected chi connectivity index (χ1v) is 12.7. The van der Waals surface area contributed by atoms with Gasteiger partial charge in [0.1, 0.15) is 11.9 Å². The van der Waals surface area contributed by atoms with E-state index in [2.05, 4.69) is 43.0 Å². The lowest BCUT2D eigenvalue weighted by molar-refractivity contribution is -0.170. The summed E-state index contributed by atoms with van der Waals surface area (Å²) in [4.78, 5) is 33.3. The highest BCUT2D eigenvalue weighted by Crippen LogP contribution is 2.73. The zero-order valence-electron chi connectivity index (χ0n) is 21.7. The molecule has 0 saturated heterocycles. The largest absolute Gasteiger partial charge is 0.441 e. The van der Waals surface area contributed by atoms with Crippen LogP contribution in [-0.4, -0.2) is 37.0 Å². The summed E-state index contributed by atoms with van der Waals surface area (Å²) in [6.45, 7) is 1.39. The van der Waals surface area contributed by atoms with Crippen molar-refractivity contribution in [3.8, 4) is 11.4 Å². The average molecular weight is 546 g/mol. The molecular weight excluding hydrogens is 520 g/mol. The first-order chi connectivity index (χ1) is 19.2. The van der Waals surface area contributed by atoms with E-state index in [-0.39, 0.29) is 33.8 Å². The number of carbonyl (C=O) groups is 2. The third-order valence-electron chi connectivity index (χ3n) is 7.76. The molecule has 2 N–H and O–H groups in total. The monoisotopic (exact) mass is 545 g/mol. The number of rotatable bonds is 7. The highest BCUT2D eigenvalue weighted by Gasteiger charge is 2.71. The quantitative estimate of drug-likeness (QED) is 0.316. The Morgan fingerprint density at radius 1 is 1.02 bits per heavy atom. The van der Waals surface area contributed by atoms with Crippen LogP contribution >= 0.6 is 0 Å². The van der Waals surface area contributed by atoms with Gasteiger partial charge in [0.15, 0.2) is 11.5 Å². The van der Waals surface area contributed by atoms with Crippen molar-refractivity contribution >= 4 is 23.5 Å². The summed E-state index contributed by atoms with van der Waals surface area (Å²) in [5.74, 6) is -1.52. The molecule has 3 saturated carbocycles. The van der Waals surface area contributed by atoms with Gasteiger partial charge in [-0.15, -0.1) is 5.10 Å². The molecule has 0 radical (unpaired) electrons. The number of hydrogen-bond acceptors (Lipinski definition) is 7. The summed E-state index contributed by atoms with van der Waals surface area (Å²) in [7, 11) is 1.56. The van der Waals surface area contributed by atoms with E-state index in [1.54, 1.807) is 19.2 Å². The Morgan fingerprint density at radius 2 is 1.77 bits per heavy atom. The predicted molar refractivity (Wildman–Crippen MR) is 140 cm³/mol. The second kappa shape index (κ2) is 9.47. The van der Waals surface area contributed by atoms with Gasteiger partial charge in [0.05, 0.1) is 34.8 Å². The van der Waals surface area contributed by atoms with Gasteiger partial charge in [0.25, 0.3) is 0 Å². The third-order valence-corrected chi connectivity index (χ3v) is 7.76. The van der Waals surface area contributed by atoms with E-state index in [0.29, 0.717) is 11.4 Å². The van der Waals surface area contributed by atoms with Gasteiger partial charge in [-0.05, 0) is 55.4 Å². The number of hydrogen-bond donors (Lipinski definition) is 2. The van der Waals surface area contributed by atoms with Crippen LogP contribution < -0.4 is 10.6 Å². The highest BCUT2D eigenvalue weighted by atomic mass is 19.1. The number of carbonyl (C=O) groups excluding carboxylic acids is 2. The van der Waals surface area contributed by atoms with E-state index >= 15 is 0 Å². The summed E-state index contributed by atoms with van der Waals surface area (Å²) < 4.78 is 33.9. The Morgan fingerprint density at radius 3 is 2.48 bits per heavy atom. The number of anilines is 2. The Balaban J connectivity index is 1.09. The number of nitrogens with zero attached hydrogens (tertiary/aromatic N) is 5. The van der Waals surface area contributed by atoms with Gasteiger partial charge in [-0.25, -0.2) is 18.9 Å². The van der Waals surface area contributed by atoms with Crippen LogP contribution in [0.3, 0.4) is 0 Å². The molecule has 1 aromatic carbocycles. The second-order valence-corrected chi connectivity index (χ2v) is 10.5. The van der Waals surface area contributed by atoms with E-state index in [4.69, 9.17) is 4.74 Å². The SMILES string of the molecule is CC(OC(=O)Nc1c(-c2ccc(NC(=O)C34CC(c5ccccc5)(C3)C4)cn2)nnn1C)c1cc(F)cnc1F. The van der Waals surface area contributed by atoms with Crippen LogP contribution in [0.2, 0.25) is 0 Å². The van der Waals surface area contributed by atoms with Crippen LogP contribution in [-0.2, 0) is 22.0 Å². The third kappa shape index (κ3) is 4.34. The lowest BCUT2D eigenvalue weighted by atomic mass is 9.33. The Labute approximate surface area is 227 Å². The molecule has 3 fully saturated rings. The number of pyridine rings is 2. The van der Waals surface area contributed by atoms with Crippen molar-refractivity contribution in [1.82, 2.24) is 25.0 Å². The molecule has 10 nitrogen and oxygen atoms in total. The minimum Gasteiger partial charge on any atom is -0.441 e. The van der Waals surface area contributed by atoms with Crippen LogP contribution in [0.15, 0.2) is 60.9 Å². The van der Waals surface area contributed by atoms with Gasteiger partial charge >= 0.3 is 6.09 Å². The molecule has 1 atom stereocenters. The lowest BCUT2D eigenvalue weighted by Gasteiger charge is -2.69. The van der Waals surface area contributed by atoms with Crippen LogP contribution in [0.25, 0.3) is 11.4 Å². The Kier molecular flexibility index (Phi) is 6.05. The van der Waals surface area contributed by atoms with Gasteiger partial charge < -0.3 is 10.1 Å². The van der Waals surface area contributed by atoms with Crippen LogP contribution in [0.4, 0.5) is 25.1 Å². The molecule has 0 spiro atoms. The van der Waals surface area contributed by atoms with Crippen LogP contribution in [0.1, 0.15) is 43.4 Å². The van der Waals surface area contributed by atoms with Crippen molar-refractivity contribution in [1.29, 1.82) is 0 Å². The maximum Gasteiger partial charge on any atom is 0.413 e. The average Bonchev–Trinajstić information content (AvgIpc) is 3.24. The topological polar surface area (TPSA) is 124 Å². The molecule has 204 valence electrons. The molecular formula is C28H25F2N7O3. The minimum atomic E-state index is -1.11. The van der Waals surface area contributed by atoms with Gasteiger partial charge in [-0.3, -0.25) is 15.1 Å². The van der Waals surface area contributed by atoms with Crippen molar-refractivity contribution in [3.05, 3.63) is 83.8 Å². The summed E-state index contributed by atoms with van der Waals surface area (Å²) in [5, 5.41) is 13.5. The fourth-order valence-electron chi connectivity index (χ4n) is 5.74. The fourth-order valence-corrected chi connectivity index (χ4v) is 5.74.